The first-order chi connectivity index (χ1) is 9.02. The average molecular weight is 267 g/mol. The van der Waals surface area contributed by atoms with E-state index in [0.717, 1.165) is 0 Å². The molecule has 1 aromatic carbocycles. The normalized spacial score (nSPS) is 11.0. The molecule has 5 heteroatoms. The minimum absolute atomic E-state index is 0.168. The molecular formula is C14H18FNO3. The van der Waals surface area contributed by atoms with E-state index in [1.807, 2.05) is 13.8 Å². The van der Waals surface area contributed by atoms with E-state index in [1.165, 1.54) is 31.4 Å². The van der Waals surface area contributed by atoms with Crippen LogP contribution in [0.1, 0.15) is 19.4 Å². The molecule has 1 N–H and O–H groups in total. The summed E-state index contributed by atoms with van der Waals surface area (Å²) >= 11 is 0. The Balaban J connectivity index is 2.51. The monoisotopic (exact) mass is 267 g/mol. The van der Waals surface area contributed by atoms with Gasteiger partial charge in [-0.1, -0.05) is 19.9 Å². The molecule has 104 valence electrons. The lowest BCUT2D eigenvalue weighted by molar-refractivity contribution is -0.129. The van der Waals surface area contributed by atoms with E-state index in [9.17, 15) is 9.18 Å². The molecule has 19 heavy (non-hydrogen) atoms. The molecule has 0 unspecified atom stereocenters. The van der Waals surface area contributed by atoms with Gasteiger partial charge in [-0.15, -0.1) is 0 Å². The van der Waals surface area contributed by atoms with Crippen molar-refractivity contribution in [3.63, 3.8) is 0 Å². The molecule has 0 bridgehead atoms. The van der Waals surface area contributed by atoms with E-state index in [1.54, 1.807) is 6.07 Å². The summed E-state index contributed by atoms with van der Waals surface area (Å²) in [6.07, 6.45) is 2.78. The van der Waals surface area contributed by atoms with Gasteiger partial charge in [-0.05, 0) is 29.7 Å². The van der Waals surface area contributed by atoms with Crippen LogP contribution in [0.4, 0.5) is 4.39 Å². The number of carbonyl (C=O) groups is 1. The molecular weight excluding hydrogens is 249 g/mol. The molecule has 0 saturated heterocycles. The third-order valence-corrected chi connectivity index (χ3v) is 2.19. The van der Waals surface area contributed by atoms with Crippen molar-refractivity contribution in [1.29, 1.82) is 0 Å². The van der Waals surface area contributed by atoms with Crippen molar-refractivity contribution in [2.75, 3.05) is 13.7 Å². The Bertz CT molecular complexity index is 458. The fourth-order valence-corrected chi connectivity index (χ4v) is 1.27. The van der Waals surface area contributed by atoms with Crippen molar-refractivity contribution in [3.8, 4) is 5.75 Å². The summed E-state index contributed by atoms with van der Waals surface area (Å²) in [4.78, 5) is 16.3. The number of ether oxygens (including phenoxy) is 1. The van der Waals surface area contributed by atoms with E-state index < -0.39 is 11.7 Å². The van der Waals surface area contributed by atoms with Crippen molar-refractivity contribution < 1.29 is 18.8 Å². The van der Waals surface area contributed by atoms with Gasteiger partial charge in [-0.2, -0.15) is 0 Å². The lowest BCUT2D eigenvalue weighted by Gasteiger charge is -2.05. The molecule has 1 amide bonds. The molecule has 0 atom stereocenters. The first-order valence-corrected chi connectivity index (χ1v) is 5.96. The van der Waals surface area contributed by atoms with Gasteiger partial charge in [-0.25, -0.2) is 9.87 Å². The van der Waals surface area contributed by atoms with Crippen LogP contribution in [-0.4, -0.2) is 19.6 Å². The van der Waals surface area contributed by atoms with Crippen molar-refractivity contribution in [2.45, 2.75) is 13.8 Å². The Morgan fingerprint density at radius 2 is 2.21 bits per heavy atom. The molecule has 1 aromatic rings. The zero-order valence-corrected chi connectivity index (χ0v) is 11.3. The molecule has 0 aromatic heterocycles. The molecule has 0 spiro atoms. The number of nitrogens with one attached hydrogen (secondary N) is 1. The van der Waals surface area contributed by atoms with Crippen LogP contribution in [0, 0.1) is 11.7 Å². The number of benzene rings is 1. The quantitative estimate of drug-likeness (QED) is 0.636. The first-order valence-electron chi connectivity index (χ1n) is 5.96. The molecule has 1 rings (SSSR count). The van der Waals surface area contributed by atoms with Crippen molar-refractivity contribution in [2.24, 2.45) is 5.92 Å². The summed E-state index contributed by atoms with van der Waals surface area (Å²) < 4.78 is 18.2. The van der Waals surface area contributed by atoms with Crippen molar-refractivity contribution in [3.05, 3.63) is 35.7 Å². The second-order valence-corrected chi connectivity index (χ2v) is 4.40. The molecule has 0 aliphatic rings. The van der Waals surface area contributed by atoms with Crippen LogP contribution in [0.5, 0.6) is 5.75 Å². The number of halogens is 1. The number of amides is 1. The van der Waals surface area contributed by atoms with E-state index in [4.69, 9.17) is 9.57 Å². The largest absolute Gasteiger partial charge is 0.494 e. The molecule has 0 aliphatic heterocycles. The van der Waals surface area contributed by atoms with E-state index in [-0.39, 0.29) is 5.75 Å². The third-order valence-electron chi connectivity index (χ3n) is 2.19. The molecule has 0 saturated carbocycles. The van der Waals surface area contributed by atoms with Gasteiger partial charge in [0.1, 0.15) is 0 Å². The van der Waals surface area contributed by atoms with Gasteiger partial charge < -0.3 is 4.74 Å². The minimum atomic E-state index is -0.471. The number of carbonyl (C=O) groups excluding carboxylic acids is 1. The Morgan fingerprint density at radius 1 is 1.47 bits per heavy atom. The Morgan fingerprint density at radius 3 is 2.79 bits per heavy atom. The van der Waals surface area contributed by atoms with Crippen LogP contribution in [0.15, 0.2) is 24.3 Å². The Hall–Kier alpha value is -1.88. The van der Waals surface area contributed by atoms with Gasteiger partial charge in [0.05, 0.1) is 13.7 Å². The SMILES string of the molecule is COc1ccc(/C=C/C(=O)NOCC(C)C)cc1F. The van der Waals surface area contributed by atoms with Gasteiger partial charge in [0.25, 0.3) is 5.91 Å². The fourth-order valence-electron chi connectivity index (χ4n) is 1.27. The maximum absolute atomic E-state index is 13.4. The van der Waals surface area contributed by atoms with Crippen LogP contribution in [0.25, 0.3) is 6.08 Å². The first kappa shape index (κ1) is 15.2. The van der Waals surface area contributed by atoms with Gasteiger partial charge in [0.15, 0.2) is 11.6 Å². The van der Waals surface area contributed by atoms with E-state index in [0.29, 0.717) is 18.1 Å². The fraction of sp³-hybridized carbons (Fsp3) is 0.357. The van der Waals surface area contributed by atoms with Crippen LogP contribution < -0.4 is 10.2 Å². The summed E-state index contributed by atoms with van der Waals surface area (Å²) in [6, 6.07) is 4.44. The van der Waals surface area contributed by atoms with Gasteiger partial charge >= 0.3 is 0 Å². The van der Waals surface area contributed by atoms with Crippen LogP contribution >= 0.6 is 0 Å². The second kappa shape index (κ2) is 7.53. The molecule has 4 nitrogen and oxygen atoms in total. The van der Waals surface area contributed by atoms with E-state index >= 15 is 0 Å². The molecule has 0 radical (unpaired) electrons. The highest BCUT2D eigenvalue weighted by Gasteiger charge is 2.02. The molecule has 0 aliphatic carbocycles. The number of hydrogen-bond donors (Lipinski definition) is 1. The summed E-state index contributed by atoms with van der Waals surface area (Å²) in [5, 5.41) is 0. The number of rotatable bonds is 6. The second-order valence-electron chi connectivity index (χ2n) is 4.40. The zero-order valence-electron chi connectivity index (χ0n) is 11.3. The minimum Gasteiger partial charge on any atom is -0.494 e. The van der Waals surface area contributed by atoms with Crippen molar-refractivity contribution in [1.82, 2.24) is 5.48 Å². The zero-order chi connectivity index (χ0) is 14.3. The summed E-state index contributed by atoms with van der Waals surface area (Å²) in [6.45, 7) is 4.39. The van der Waals surface area contributed by atoms with Crippen LogP contribution in [-0.2, 0) is 9.63 Å². The number of hydrogen-bond acceptors (Lipinski definition) is 3. The lowest BCUT2D eigenvalue weighted by atomic mass is 10.2. The van der Waals surface area contributed by atoms with E-state index in [2.05, 4.69) is 5.48 Å². The third kappa shape index (κ3) is 5.52. The van der Waals surface area contributed by atoms with Crippen LogP contribution in [0.3, 0.4) is 0 Å². The molecule has 0 fully saturated rings. The average Bonchev–Trinajstić information content (AvgIpc) is 2.36. The Labute approximate surface area is 112 Å². The van der Waals surface area contributed by atoms with Gasteiger partial charge in [0.2, 0.25) is 0 Å². The smallest absolute Gasteiger partial charge is 0.267 e. The predicted molar refractivity (Wildman–Crippen MR) is 70.9 cm³/mol. The lowest BCUT2D eigenvalue weighted by Crippen LogP contribution is -2.23. The highest BCUT2D eigenvalue weighted by Crippen LogP contribution is 2.18. The summed E-state index contributed by atoms with van der Waals surface area (Å²) in [5.41, 5.74) is 2.84. The number of hydroxylamine groups is 1. The maximum Gasteiger partial charge on any atom is 0.267 e. The highest BCUT2D eigenvalue weighted by molar-refractivity contribution is 5.90. The summed E-state index contributed by atoms with van der Waals surface area (Å²) in [7, 11) is 1.40. The number of methoxy groups -OCH3 is 1. The molecule has 0 heterocycles. The standard InChI is InChI=1S/C14H18FNO3/c1-10(2)9-19-16-14(17)7-5-11-4-6-13(18-3)12(15)8-11/h4-8,10H,9H2,1-3H3,(H,16,17)/b7-5+. The highest BCUT2D eigenvalue weighted by atomic mass is 19.1. The predicted octanol–water partition coefficient (Wildman–Crippen LogP) is 2.55. The Kier molecular flexibility index (Phi) is 6.02. The van der Waals surface area contributed by atoms with Gasteiger partial charge in [0, 0.05) is 6.08 Å². The van der Waals surface area contributed by atoms with Gasteiger partial charge in [-0.3, -0.25) is 9.63 Å². The van der Waals surface area contributed by atoms with Crippen molar-refractivity contribution >= 4 is 12.0 Å². The summed E-state index contributed by atoms with van der Waals surface area (Å²) in [5.74, 6) is -0.361. The maximum atomic E-state index is 13.4. The topological polar surface area (TPSA) is 47.6 Å². The van der Waals surface area contributed by atoms with Crippen LogP contribution in [0.2, 0.25) is 0 Å².